The average molecular weight is 370 g/mol. The van der Waals surface area contributed by atoms with E-state index >= 15 is 0 Å². The third kappa shape index (κ3) is 5.98. The fraction of sp³-hybridized carbons (Fsp3) is 0.650. The molecule has 1 aromatic rings. The second kappa shape index (κ2) is 9.02. The minimum Gasteiger partial charge on any atom is -0.481 e. The Morgan fingerprint density at radius 3 is 2.24 bits per heavy atom. The normalized spacial score (nSPS) is 22.9. The average Bonchev–Trinajstić information content (AvgIpc) is 2.46. The molecule has 1 aromatic carbocycles. The van der Waals surface area contributed by atoms with Crippen LogP contribution < -0.4 is 0 Å². The molecule has 1 unspecified atom stereocenters. The molecule has 1 fully saturated rings. The molecule has 25 heavy (non-hydrogen) atoms. The lowest BCUT2D eigenvalue weighted by molar-refractivity contribution is -0.142. The van der Waals surface area contributed by atoms with E-state index in [0.29, 0.717) is 18.1 Å². The molecule has 0 aliphatic carbocycles. The van der Waals surface area contributed by atoms with Gasteiger partial charge in [-0.2, -0.15) is 0 Å². The highest BCUT2D eigenvalue weighted by atomic mass is 35.5. The van der Waals surface area contributed by atoms with E-state index in [-0.39, 0.29) is 12.4 Å². The first kappa shape index (κ1) is 21.9. The standard InChI is InChI=1S/C20H31NO3.ClH/c1-14(11-21-12-15(2)24-16(3)13-21)10-17-6-8-18(9-7-17)20(4,5)19(22)23;/h6-9,14-16H,10-13H2,1-5H3,(H,22,23);1H/t14?,15-,16+;. The van der Waals surface area contributed by atoms with E-state index in [0.717, 1.165) is 31.6 Å². The molecule has 0 radical (unpaired) electrons. The monoisotopic (exact) mass is 369 g/mol. The Labute approximate surface area is 158 Å². The molecular formula is C20H32ClNO3. The molecule has 3 atom stereocenters. The van der Waals surface area contributed by atoms with Crippen LogP contribution in [0, 0.1) is 5.92 Å². The maximum atomic E-state index is 11.3. The lowest BCUT2D eigenvalue weighted by Crippen LogP contribution is -2.47. The maximum Gasteiger partial charge on any atom is 0.313 e. The molecule has 1 aliphatic rings. The molecule has 1 aliphatic heterocycles. The summed E-state index contributed by atoms with van der Waals surface area (Å²) in [5.74, 6) is -0.236. The Morgan fingerprint density at radius 2 is 1.76 bits per heavy atom. The number of carboxylic acids is 1. The Kier molecular flexibility index (Phi) is 7.91. The smallest absolute Gasteiger partial charge is 0.313 e. The summed E-state index contributed by atoms with van der Waals surface area (Å²) in [4.78, 5) is 13.8. The minimum absolute atomic E-state index is 0. The van der Waals surface area contributed by atoms with Crippen LogP contribution in [0.5, 0.6) is 0 Å². The summed E-state index contributed by atoms with van der Waals surface area (Å²) in [5.41, 5.74) is 1.27. The molecule has 0 bridgehead atoms. The number of rotatable bonds is 6. The van der Waals surface area contributed by atoms with Gasteiger partial charge in [0.15, 0.2) is 0 Å². The lowest BCUT2D eigenvalue weighted by atomic mass is 9.84. The lowest BCUT2D eigenvalue weighted by Gasteiger charge is -2.36. The van der Waals surface area contributed by atoms with E-state index in [2.05, 4.69) is 37.8 Å². The van der Waals surface area contributed by atoms with Gasteiger partial charge in [-0.15, -0.1) is 12.4 Å². The van der Waals surface area contributed by atoms with Crippen LogP contribution in [-0.2, 0) is 21.4 Å². The van der Waals surface area contributed by atoms with E-state index < -0.39 is 11.4 Å². The second-order valence-corrected chi connectivity index (χ2v) is 7.91. The van der Waals surface area contributed by atoms with E-state index in [9.17, 15) is 9.90 Å². The number of carbonyl (C=O) groups is 1. The van der Waals surface area contributed by atoms with Crippen molar-refractivity contribution in [1.29, 1.82) is 0 Å². The van der Waals surface area contributed by atoms with Crippen LogP contribution in [0.15, 0.2) is 24.3 Å². The topological polar surface area (TPSA) is 49.8 Å². The Balaban J connectivity index is 0.00000312. The van der Waals surface area contributed by atoms with Gasteiger partial charge in [-0.1, -0.05) is 31.2 Å². The minimum atomic E-state index is -0.843. The first-order valence-corrected chi connectivity index (χ1v) is 8.89. The van der Waals surface area contributed by atoms with Crippen LogP contribution in [0.4, 0.5) is 0 Å². The summed E-state index contributed by atoms with van der Waals surface area (Å²) in [6.07, 6.45) is 1.62. The van der Waals surface area contributed by atoms with Gasteiger partial charge in [-0.05, 0) is 51.2 Å². The van der Waals surface area contributed by atoms with Crippen molar-refractivity contribution in [2.24, 2.45) is 5.92 Å². The summed E-state index contributed by atoms with van der Waals surface area (Å²) in [6, 6.07) is 8.05. The van der Waals surface area contributed by atoms with E-state index in [1.54, 1.807) is 13.8 Å². The van der Waals surface area contributed by atoms with E-state index in [1.807, 2.05) is 12.1 Å². The molecule has 1 N–H and O–H groups in total. The maximum absolute atomic E-state index is 11.3. The molecule has 0 spiro atoms. The Bertz CT molecular complexity index is 549. The molecule has 0 amide bonds. The van der Waals surface area contributed by atoms with E-state index in [4.69, 9.17) is 4.74 Å². The van der Waals surface area contributed by atoms with Crippen LogP contribution in [0.1, 0.15) is 45.7 Å². The van der Waals surface area contributed by atoms with Crippen molar-refractivity contribution in [3.63, 3.8) is 0 Å². The van der Waals surface area contributed by atoms with Gasteiger partial charge < -0.3 is 9.84 Å². The van der Waals surface area contributed by atoms with Gasteiger partial charge in [0.05, 0.1) is 17.6 Å². The van der Waals surface area contributed by atoms with Gasteiger partial charge in [0, 0.05) is 19.6 Å². The second-order valence-electron chi connectivity index (χ2n) is 7.91. The molecule has 2 rings (SSSR count). The first-order valence-electron chi connectivity index (χ1n) is 8.89. The summed E-state index contributed by atoms with van der Waals surface area (Å²) >= 11 is 0. The van der Waals surface area contributed by atoms with Crippen LogP contribution in [0.25, 0.3) is 0 Å². The number of benzene rings is 1. The fourth-order valence-corrected chi connectivity index (χ4v) is 3.52. The van der Waals surface area contributed by atoms with Gasteiger partial charge in [0.25, 0.3) is 0 Å². The highest BCUT2D eigenvalue weighted by Crippen LogP contribution is 2.24. The van der Waals surface area contributed by atoms with Crippen molar-refractivity contribution < 1.29 is 14.6 Å². The zero-order valence-electron chi connectivity index (χ0n) is 16.0. The summed E-state index contributed by atoms with van der Waals surface area (Å²) in [5, 5.41) is 9.32. The molecule has 1 heterocycles. The first-order chi connectivity index (χ1) is 11.2. The third-order valence-electron chi connectivity index (χ3n) is 4.86. The third-order valence-corrected chi connectivity index (χ3v) is 4.86. The van der Waals surface area contributed by atoms with Gasteiger partial charge in [-0.3, -0.25) is 9.69 Å². The van der Waals surface area contributed by atoms with Crippen molar-refractivity contribution in [3.8, 4) is 0 Å². The van der Waals surface area contributed by atoms with Crippen LogP contribution in [-0.4, -0.2) is 47.8 Å². The van der Waals surface area contributed by atoms with Crippen LogP contribution in [0.2, 0.25) is 0 Å². The molecule has 0 saturated carbocycles. The van der Waals surface area contributed by atoms with Crippen molar-refractivity contribution in [2.75, 3.05) is 19.6 Å². The number of aliphatic carboxylic acids is 1. The highest BCUT2D eigenvalue weighted by molar-refractivity contribution is 5.85. The molecule has 0 aromatic heterocycles. The van der Waals surface area contributed by atoms with Crippen molar-refractivity contribution in [2.45, 2.75) is 58.7 Å². The zero-order valence-corrected chi connectivity index (χ0v) is 16.8. The predicted molar refractivity (Wildman–Crippen MR) is 104 cm³/mol. The van der Waals surface area contributed by atoms with Crippen molar-refractivity contribution >= 4 is 18.4 Å². The van der Waals surface area contributed by atoms with E-state index in [1.165, 1.54) is 5.56 Å². The summed E-state index contributed by atoms with van der Waals surface area (Å²) in [7, 11) is 0. The summed E-state index contributed by atoms with van der Waals surface area (Å²) < 4.78 is 5.79. The van der Waals surface area contributed by atoms with Crippen LogP contribution >= 0.6 is 12.4 Å². The predicted octanol–water partition coefficient (Wildman–Crippen LogP) is 3.76. The van der Waals surface area contributed by atoms with Gasteiger partial charge >= 0.3 is 5.97 Å². The fourth-order valence-electron chi connectivity index (χ4n) is 3.52. The number of hydrogen-bond donors (Lipinski definition) is 1. The number of hydrogen-bond acceptors (Lipinski definition) is 3. The van der Waals surface area contributed by atoms with Gasteiger partial charge in [-0.25, -0.2) is 0 Å². The Morgan fingerprint density at radius 1 is 1.24 bits per heavy atom. The number of morpholine rings is 1. The van der Waals surface area contributed by atoms with Crippen LogP contribution in [0.3, 0.4) is 0 Å². The van der Waals surface area contributed by atoms with Gasteiger partial charge in [0.2, 0.25) is 0 Å². The molecule has 5 heteroatoms. The number of nitrogens with zero attached hydrogens (tertiary/aromatic N) is 1. The highest BCUT2D eigenvalue weighted by Gasteiger charge is 2.29. The Hall–Kier alpha value is -1.10. The largest absolute Gasteiger partial charge is 0.481 e. The van der Waals surface area contributed by atoms with Crippen molar-refractivity contribution in [3.05, 3.63) is 35.4 Å². The molecule has 4 nitrogen and oxygen atoms in total. The van der Waals surface area contributed by atoms with Crippen molar-refractivity contribution in [1.82, 2.24) is 4.90 Å². The summed E-state index contributed by atoms with van der Waals surface area (Å²) in [6.45, 7) is 13.1. The SMILES string of the molecule is CC(Cc1ccc(C(C)(C)C(=O)O)cc1)CN1C[C@@H](C)O[C@@H](C)C1.Cl. The molecular weight excluding hydrogens is 338 g/mol. The number of carboxylic acid groups (broad SMARTS) is 1. The quantitative estimate of drug-likeness (QED) is 0.829. The molecule has 142 valence electrons. The van der Waals surface area contributed by atoms with Gasteiger partial charge in [0.1, 0.15) is 0 Å². The zero-order chi connectivity index (χ0) is 17.9. The molecule has 1 saturated heterocycles. The number of ether oxygens (including phenoxy) is 1. The number of halogens is 1.